The summed E-state index contributed by atoms with van der Waals surface area (Å²) < 4.78 is 18.3. The predicted octanol–water partition coefficient (Wildman–Crippen LogP) is 3.16. The molecule has 0 aromatic heterocycles. The van der Waals surface area contributed by atoms with Gasteiger partial charge in [0, 0.05) is 11.7 Å². The number of aryl methyl sites for hydroxylation is 1. The summed E-state index contributed by atoms with van der Waals surface area (Å²) in [5.41, 5.74) is 2.45. The highest BCUT2D eigenvalue weighted by atomic mass is 19.1. The third-order valence-electron chi connectivity index (χ3n) is 4.49. The van der Waals surface area contributed by atoms with Gasteiger partial charge in [0.2, 0.25) is 5.91 Å². The molecule has 1 aliphatic heterocycles. The maximum absolute atomic E-state index is 12.8. The van der Waals surface area contributed by atoms with E-state index in [0.29, 0.717) is 31.5 Å². The molecule has 132 valence electrons. The number of hydrogen-bond donors (Lipinski definition) is 1. The minimum absolute atomic E-state index is 0.0220. The highest BCUT2D eigenvalue weighted by molar-refractivity contribution is 5.82. The molecule has 1 heterocycles. The van der Waals surface area contributed by atoms with Crippen LogP contribution in [0.25, 0.3) is 0 Å². The second-order valence-electron chi connectivity index (χ2n) is 6.30. The van der Waals surface area contributed by atoms with E-state index in [1.807, 2.05) is 12.1 Å². The Bertz CT molecular complexity index is 718. The average Bonchev–Trinajstić information content (AvgIpc) is 2.63. The lowest BCUT2D eigenvalue weighted by Gasteiger charge is -2.36. The molecule has 4 nitrogen and oxygen atoms in total. The molecule has 0 radical (unpaired) electrons. The van der Waals surface area contributed by atoms with Gasteiger partial charge >= 0.3 is 0 Å². The van der Waals surface area contributed by atoms with E-state index in [1.54, 1.807) is 12.1 Å². The Morgan fingerprint density at radius 3 is 2.80 bits per heavy atom. The Balaban J connectivity index is 1.47. The van der Waals surface area contributed by atoms with Crippen LogP contribution in [0, 0.1) is 5.82 Å². The van der Waals surface area contributed by atoms with Gasteiger partial charge < -0.3 is 15.0 Å². The van der Waals surface area contributed by atoms with E-state index in [2.05, 4.69) is 29.3 Å². The van der Waals surface area contributed by atoms with E-state index in [0.717, 1.165) is 18.5 Å². The van der Waals surface area contributed by atoms with Crippen LogP contribution in [0.4, 0.5) is 10.1 Å². The van der Waals surface area contributed by atoms with Gasteiger partial charge in [0.1, 0.15) is 18.2 Å². The van der Waals surface area contributed by atoms with Gasteiger partial charge in [-0.15, -0.1) is 0 Å². The van der Waals surface area contributed by atoms with Crippen molar-refractivity contribution in [1.29, 1.82) is 0 Å². The first-order chi connectivity index (χ1) is 12.1. The molecule has 0 saturated heterocycles. The summed E-state index contributed by atoms with van der Waals surface area (Å²) in [6, 6.07) is 14.5. The van der Waals surface area contributed by atoms with Crippen molar-refractivity contribution in [3.63, 3.8) is 0 Å². The summed E-state index contributed by atoms with van der Waals surface area (Å²) in [5, 5.41) is 2.88. The van der Waals surface area contributed by atoms with Crippen molar-refractivity contribution in [2.75, 3.05) is 24.6 Å². The fourth-order valence-electron chi connectivity index (χ4n) is 3.10. The Morgan fingerprint density at radius 1 is 1.24 bits per heavy atom. The SMILES string of the molecule is CC1CCc2ccccc2N1CC(=O)NCCOc1ccc(F)cc1. The fraction of sp³-hybridized carbons (Fsp3) is 0.350. The molecule has 5 heteroatoms. The number of nitrogens with zero attached hydrogens (tertiary/aromatic N) is 1. The van der Waals surface area contributed by atoms with Gasteiger partial charge in [-0.05, 0) is 55.7 Å². The molecule has 1 aliphatic rings. The summed E-state index contributed by atoms with van der Waals surface area (Å²) in [7, 11) is 0. The van der Waals surface area contributed by atoms with Gasteiger partial charge in [-0.25, -0.2) is 4.39 Å². The first-order valence-corrected chi connectivity index (χ1v) is 8.63. The molecule has 1 atom stereocenters. The largest absolute Gasteiger partial charge is 0.492 e. The Labute approximate surface area is 147 Å². The standard InChI is InChI=1S/C20H23FN2O2/c1-15-6-7-16-4-2-3-5-19(16)23(15)14-20(24)22-12-13-25-18-10-8-17(21)9-11-18/h2-5,8-11,15H,6-7,12-14H2,1H3,(H,22,24). The first-order valence-electron chi connectivity index (χ1n) is 8.63. The van der Waals surface area contributed by atoms with Gasteiger partial charge in [0.15, 0.2) is 0 Å². The van der Waals surface area contributed by atoms with E-state index in [1.165, 1.54) is 17.7 Å². The molecular formula is C20H23FN2O2. The van der Waals surface area contributed by atoms with Gasteiger partial charge in [-0.2, -0.15) is 0 Å². The third kappa shape index (κ3) is 4.50. The molecule has 2 aromatic rings. The number of carbonyl (C=O) groups is 1. The quantitative estimate of drug-likeness (QED) is 0.820. The number of hydrogen-bond acceptors (Lipinski definition) is 3. The van der Waals surface area contributed by atoms with Gasteiger partial charge in [-0.3, -0.25) is 4.79 Å². The topological polar surface area (TPSA) is 41.6 Å². The third-order valence-corrected chi connectivity index (χ3v) is 4.49. The van der Waals surface area contributed by atoms with E-state index in [-0.39, 0.29) is 11.7 Å². The van der Waals surface area contributed by atoms with Crippen LogP contribution >= 0.6 is 0 Å². The molecule has 0 fully saturated rings. The number of amides is 1. The van der Waals surface area contributed by atoms with Gasteiger partial charge in [-0.1, -0.05) is 18.2 Å². The van der Waals surface area contributed by atoms with Crippen LogP contribution in [0.2, 0.25) is 0 Å². The zero-order chi connectivity index (χ0) is 17.6. The van der Waals surface area contributed by atoms with Crippen LogP contribution in [0.3, 0.4) is 0 Å². The number of para-hydroxylation sites is 1. The lowest BCUT2D eigenvalue weighted by Crippen LogP contribution is -2.45. The Hall–Kier alpha value is -2.56. The van der Waals surface area contributed by atoms with E-state index in [4.69, 9.17) is 4.74 Å². The zero-order valence-corrected chi connectivity index (χ0v) is 14.4. The zero-order valence-electron chi connectivity index (χ0n) is 14.4. The summed E-state index contributed by atoms with van der Waals surface area (Å²) in [6.07, 6.45) is 2.11. The van der Waals surface area contributed by atoms with E-state index in [9.17, 15) is 9.18 Å². The number of fused-ring (bicyclic) bond motifs is 1. The van der Waals surface area contributed by atoms with Crippen molar-refractivity contribution in [3.05, 3.63) is 59.9 Å². The van der Waals surface area contributed by atoms with Gasteiger partial charge in [0.05, 0.1) is 13.1 Å². The van der Waals surface area contributed by atoms with Crippen molar-refractivity contribution in [3.8, 4) is 5.75 Å². The van der Waals surface area contributed by atoms with Gasteiger partial charge in [0.25, 0.3) is 0 Å². The maximum atomic E-state index is 12.8. The molecule has 0 bridgehead atoms. The summed E-state index contributed by atoms with van der Waals surface area (Å²) in [5.74, 6) is 0.275. The maximum Gasteiger partial charge on any atom is 0.239 e. The molecule has 0 aliphatic carbocycles. The van der Waals surface area contributed by atoms with E-state index >= 15 is 0 Å². The number of halogens is 1. The Morgan fingerprint density at radius 2 is 2.00 bits per heavy atom. The summed E-state index contributed by atoms with van der Waals surface area (Å²) in [4.78, 5) is 14.4. The number of nitrogens with one attached hydrogen (secondary N) is 1. The summed E-state index contributed by atoms with van der Waals surface area (Å²) >= 11 is 0. The minimum Gasteiger partial charge on any atom is -0.492 e. The van der Waals surface area contributed by atoms with Crippen molar-refractivity contribution in [2.45, 2.75) is 25.8 Å². The molecule has 2 aromatic carbocycles. The molecule has 1 unspecified atom stereocenters. The van der Waals surface area contributed by atoms with Crippen LogP contribution in [0.5, 0.6) is 5.75 Å². The molecular weight excluding hydrogens is 319 g/mol. The van der Waals surface area contributed by atoms with Crippen LogP contribution < -0.4 is 15.0 Å². The van der Waals surface area contributed by atoms with Crippen LogP contribution in [0.1, 0.15) is 18.9 Å². The number of benzene rings is 2. The number of anilines is 1. The molecule has 25 heavy (non-hydrogen) atoms. The highest BCUT2D eigenvalue weighted by Crippen LogP contribution is 2.29. The van der Waals surface area contributed by atoms with Crippen molar-refractivity contribution < 1.29 is 13.9 Å². The predicted molar refractivity (Wildman–Crippen MR) is 96.5 cm³/mol. The van der Waals surface area contributed by atoms with Crippen LogP contribution in [-0.4, -0.2) is 31.6 Å². The lowest BCUT2D eigenvalue weighted by molar-refractivity contribution is -0.120. The fourth-order valence-corrected chi connectivity index (χ4v) is 3.10. The van der Waals surface area contributed by atoms with E-state index < -0.39 is 0 Å². The van der Waals surface area contributed by atoms with Crippen molar-refractivity contribution in [1.82, 2.24) is 5.32 Å². The minimum atomic E-state index is -0.295. The lowest BCUT2D eigenvalue weighted by atomic mass is 9.97. The summed E-state index contributed by atoms with van der Waals surface area (Å²) in [6.45, 7) is 3.26. The smallest absolute Gasteiger partial charge is 0.239 e. The number of ether oxygens (including phenoxy) is 1. The monoisotopic (exact) mass is 342 g/mol. The van der Waals surface area contributed by atoms with Crippen molar-refractivity contribution >= 4 is 11.6 Å². The first kappa shape index (κ1) is 17.3. The molecule has 1 N–H and O–H groups in total. The molecule has 1 amide bonds. The Kier molecular flexibility index (Phi) is 5.53. The normalized spacial score (nSPS) is 16.2. The average molecular weight is 342 g/mol. The highest BCUT2D eigenvalue weighted by Gasteiger charge is 2.24. The number of rotatable bonds is 6. The van der Waals surface area contributed by atoms with Crippen molar-refractivity contribution in [2.24, 2.45) is 0 Å². The second kappa shape index (κ2) is 8.01. The molecule has 0 saturated carbocycles. The van der Waals surface area contributed by atoms with Crippen LogP contribution in [0.15, 0.2) is 48.5 Å². The van der Waals surface area contributed by atoms with Crippen LogP contribution in [-0.2, 0) is 11.2 Å². The number of carbonyl (C=O) groups excluding carboxylic acids is 1. The molecule has 0 spiro atoms. The second-order valence-corrected chi connectivity index (χ2v) is 6.30. The molecule has 3 rings (SSSR count).